The summed E-state index contributed by atoms with van der Waals surface area (Å²) in [5, 5.41) is 9.80. The van der Waals surface area contributed by atoms with E-state index in [9.17, 15) is 5.11 Å². The molecule has 0 aliphatic carbocycles. The highest BCUT2D eigenvalue weighted by molar-refractivity contribution is 5.17. The van der Waals surface area contributed by atoms with Crippen molar-refractivity contribution in [1.29, 1.82) is 0 Å². The standard InChI is InChI=1S/C14H22O3/c1-12(2)10-16-8-9-17-11-14(15)13-6-4-3-5-7-13/h3-7,12,14-15H,8-11H2,1-2H3. The molecule has 0 saturated heterocycles. The van der Waals surface area contributed by atoms with Gasteiger partial charge < -0.3 is 14.6 Å². The Hall–Kier alpha value is -0.900. The summed E-state index contributed by atoms with van der Waals surface area (Å²) in [6.45, 7) is 6.40. The lowest BCUT2D eigenvalue weighted by Crippen LogP contribution is -2.12. The predicted octanol–water partition coefficient (Wildman–Crippen LogP) is 2.41. The first-order chi connectivity index (χ1) is 8.20. The van der Waals surface area contributed by atoms with E-state index in [1.165, 1.54) is 0 Å². The van der Waals surface area contributed by atoms with Crippen molar-refractivity contribution >= 4 is 0 Å². The Labute approximate surface area is 103 Å². The third-order valence-corrected chi connectivity index (χ3v) is 2.28. The van der Waals surface area contributed by atoms with E-state index < -0.39 is 6.10 Å². The van der Waals surface area contributed by atoms with Gasteiger partial charge in [-0.15, -0.1) is 0 Å². The van der Waals surface area contributed by atoms with E-state index >= 15 is 0 Å². The number of ether oxygens (including phenoxy) is 2. The molecule has 96 valence electrons. The molecule has 3 heteroatoms. The van der Waals surface area contributed by atoms with E-state index in [1.807, 2.05) is 30.3 Å². The van der Waals surface area contributed by atoms with Crippen molar-refractivity contribution in [3.8, 4) is 0 Å². The maximum absolute atomic E-state index is 9.80. The lowest BCUT2D eigenvalue weighted by atomic mass is 10.1. The van der Waals surface area contributed by atoms with E-state index in [0.29, 0.717) is 25.7 Å². The normalized spacial score (nSPS) is 12.9. The second kappa shape index (κ2) is 8.23. The van der Waals surface area contributed by atoms with Crippen LogP contribution in [0.3, 0.4) is 0 Å². The van der Waals surface area contributed by atoms with Crippen LogP contribution in [-0.2, 0) is 9.47 Å². The lowest BCUT2D eigenvalue weighted by molar-refractivity contribution is -0.00122. The van der Waals surface area contributed by atoms with Crippen LogP contribution in [0.15, 0.2) is 30.3 Å². The highest BCUT2D eigenvalue weighted by atomic mass is 16.5. The lowest BCUT2D eigenvalue weighted by Gasteiger charge is -2.12. The van der Waals surface area contributed by atoms with Gasteiger partial charge in [-0.1, -0.05) is 44.2 Å². The Morgan fingerprint density at radius 2 is 1.59 bits per heavy atom. The van der Waals surface area contributed by atoms with Crippen LogP contribution < -0.4 is 0 Å². The largest absolute Gasteiger partial charge is 0.386 e. The van der Waals surface area contributed by atoms with Gasteiger partial charge in [0, 0.05) is 6.61 Å². The molecular weight excluding hydrogens is 216 g/mol. The molecule has 17 heavy (non-hydrogen) atoms. The molecule has 0 aromatic heterocycles. The fourth-order valence-corrected chi connectivity index (χ4v) is 1.40. The molecule has 3 nitrogen and oxygen atoms in total. The van der Waals surface area contributed by atoms with E-state index in [-0.39, 0.29) is 0 Å². The van der Waals surface area contributed by atoms with Gasteiger partial charge in [-0.05, 0) is 11.5 Å². The molecule has 1 N–H and O–H groups in total. The molecule has 0 aliphatic heterocycles. The molecule has 0 bridgehead atoms. The molecular formula is C14H22O3. The van der Waals surface area contributed by atoms with Gasteiger partial charge in [0.2, 0.25) is 0 Å². The van der Waals surface area contributed by atoms with Crippen LogP contribution in [0.4, 0.5) is 0 Å². The molecule has 1 aromatic rings. The highest BCUT2D eigenvalue weighted by Gasteiger charge is 2.06. The Bertz CT molecular complexity index is 285. The quantitative estimate of drug-likeness (QED) is 0.707. The SMILES string of the molecule is CC(C)COCCOCC(O)c1ccccc1. The first kappa shape index (κ1) is 14.2. The fraction of sp³-hybridized carbons (Fsp3) is 0.571. The molecule has 1 atom stereocenters. The third kappa shape index (κ3) is 6.41. The second-order valence-electron chi connectivity index (χ2n) is 4.47. The first-order valence-electron chi connectivity index (χ1n) is 6.08. The summed E-state index contributed by atoms with van der Waals surface area (Å²) in [6.07, 6.45) is -0.554. The van der Waals surface area contributed by atoms with Crippen molar-refractivity contribution in [3.05, 3.63) is 35.9 Å². The Morgan fingerprint density at radius 1 is 1.00 bits per heavy atom. The number of hydrogen-bond acceptors (Lipinski definition) is 3. The summed E-state index contributed by atoms with van der Waals surface area (Å²) in [6, 6.07) is 9.53. The van der Waals surface area contributed by atoms with Gasteiger partial charge in [0.05, 0.1) is 19.8 Å². The van der Waals surface area contributed by atoms with Crippen molar-refractivity contribution in [2.45, 2.75) is 20.0 Å². The molecule has 0 saturated carbocycles. The van der Waals surface area contributed by atoms with E-state index in [4.69, 9.17) is 9.47 Å². The maximum Gasteiger partial charge on any atom is 0.102 e. The van der Waals surface area contributed by atoms with Crippen molar-refractivity contribution in [1.82, 2.24) is 0 Å². The molecule has 0 amide bonds. The maximum atomic E-state index is 9.80. The zero-order valence-electron chi connectivity index (χ0n) is 10.6. The van der Waals surface area contributed by atoms with Crippen LogP contribution in [0, 0.1) is 5.92 Å². The molecule has 0 aliphatic rings. The second-order valence-corrected chi connectivity index (χ2v) is 4.47. The van der Waals surface area contributed by atoms with Crippen molar-refractivity contribution in [2.24, 2.45) is 5.92 Å². The summed E-state index contributed by atoms with van der Waals surface area (Å²) in [7, 11) is 0. The van der Waals surface area contributed by atoms with E-state index in [0.717, 1.165) is 12.2 Å². The molecule has 1 aromatic carbocycles. The number of aliphatic hydroxyl groups is 1. The van der Waals surface area contributed by atoms with Gasteiger partial charge in [-0.2, -0.15) is 0 Å². The first-order valence-corrected chi connectivity index (χ1v) is 6.08. The molecule has 1 rings (SSSR count). The summed E-state index contributed by atoms with van der Waals surface area (Å²) in [5.41, 5.74) is 0.885. The van der Waals surface area contributed by atoms with Crippen molar-refractivity contribution in [3.63, 3.8) is 0 Å². The summed E-state index contributed by atoms with van der Waals surface area (Å²) in [5.74, 6) is 0.546. The minimum absolute atomic E-state index is 0.315. The average molecular weight is 238 g/mol. The zero-order chi connectivity index (χ0) is 12.5. The van der Waals surface area contributed by atoms with Crippen LogP contribution in [0.1, 0.15) is 25.5 Å². The predicted molar refractivity (Wildman–Crippen MR) is 67.9 cm³/mol. The number of rotatable bonds is 8. The minimum Gasteiger partial charge on any atom is -0.386 e. The van der Waals surface area contributed by atoms with E-state index in [2.05, 4.69) is 13.8 Å². The molecule has 1 unspecified atom stereocenters. The van der Waals surface area contributed by atoms with Crippen LogP contribution in [-0.4, -0.2) is 31.5 Å². The summed E-state index contributed by atoms with van der Waals surface area (Å²) >= 11 is 0. The van der Waals surface area contributed by atoms with Crippen molar-refractivity contribution < 1.29 is 14.6 Å². The monoisotopic (exact) mass is 238 g/mol. The van der Waals surface area contributed by atoms with Gasteiger partial charge >= 0.3 is 0 Å². The summed E-state index contributed by atoms with van der Waals surface area (Å²) < 4.78 is 10.7. The van der Waals surface area contributed by atoms with Crippen LogP contribution in [0.25, 0.3) is 0 Å². The number of benzene rings is 1. The Morgan fingerprint density at radius 3 is 2.18 bits per heavy atom. The number of hydrogen-bond donors (Lipinski definition) is 1. The summed E-state index contributed by atoms with van der Waals surface area (Å²) in [4.78, 5) is 0. The smallest absolute Gasteiger partial charge is 0.102 e. The average Bonchev–Trinajstić information content (AvgIpc) is 2.34. The highest BCUT2D eigenvalue weighted by Crippen LogP contribution is 2.11. The topological polar surface area (TPSA) is 38.7 Å². The zero-order valence-corrected chi connectivity index (χ0v) is 10.6. The molecule has 0 fully saturated rings. The Kier molecular flexibility index (Phi) is 6.86. The molecule has 0 spiro atoms. The van der Waals surface area contributed by atoms with Gasteiger partial charge in [-0.25, -0.2) is 0 Å². The molecule has 0 radical (unpaired) electrons. The van der Waals surface area contributed by atoms with Gasteiger partial charge in [0.25, 0.3) is 0 Å². The van der Waals surface area contributed by atoms with E-state index in [1.54, 1.807) is 0 Å². The van der Waals surface area contributed by atoms with Crippen LogP contribution in [0.2, 0.25) is 0 Å². The fourth-order valence-electron chi connectivity index (χ4n) is 1.40. The third-order valence-electron chi connectivity index (χ3n) is 2.28. The van der Waals surface area contributed by atoms with Gasteiger partial charge in [0.1, 0.15) is 6.10 Å². The van der Waals surface area contributed by atoms with Crippen LogP contribution in [0.5, 0.6) is 0 Å². The van der Waals surface area contributed by atoms with Gasteiger partial charge in [-0.3, -0.25) is 0 Å². The van der Waals surface area contributed by atoms with Gasteiger partial charge in [0.15, 0.2) is 0 Å². The minimum atomic E-state index is -0.554. The molecule has 0 heterocycles. The van der Waals surface area contributed by atoms with Crippen LogP contribution >= 0.6 is 0 Å². The van der Waals surface area contributed by atoms with Crippen molar-refractivity contribution in [2.75, 3.05) is 26.4 Å². The number of aliphatic hydroxyl groups excluding tert-OH is 1. The Balaban J connectivity index is 2.07.